The number of nitrogens with zero attached hydrogens (tertiary/aromatic N) is 7. The van der Waals surface area contributed by atoms with Crippen LogP contribution in [0, 0.1) is 17.8 Å². The third-order valence-electron chi connectivity index (χ3n) is 8.09. The minimum atomic E-state index is -0.184. The highest BCUT2D eigenvalue weighted by Crippen LogP contribution is 2.36. The molecule has 0 bridgehead atoms. The van der Waals surface area contributed by atoms with Crippen molar-refractivity contribution in [1.82, 2.24) is 29.6 Å². The predicted molar refractivity (Wildman–Crippen MR) is 147 cm³/mol. The Labute approximate surface area is 227 Å². The van der Waals surface area contributed by atoms with Gasteiger partial charge in [0.15, 0.2) is 5.65 Å². The smallest absolute Gasteiger partial charge is 0.180 e. The molecule has 0 spiro atoms. The minimum Gasteiger partial charge on any atom is -0.395 e. The minimum absolute atomic E-state index is 0.184. The van der Waals surface area contributed by atoms with Gasteiger partial charge in [-0.05, 0) is 69.0 Å². The molecule has 3 fully saturated rings. The Hall–Kier alpha value is -2.26. The zero-order valence-corrected chi connectivity index (χ0v) is 22.6. The predicted octanol–water partition coefficient (Wildman–Crippen LogP) is 4.70. The maximum absolute atomic E-state index is 9.33. The van der Waals surface area contributed by atoms with E-state index in [4.69, 9.17) is 38.3 Å². The molecule has 1 saturated carbocycles. The van der Waals surface area contributed by atoms with E-state index in [0.717, 1.165) is 61.0 Å². The van der Waals surface area contributed by atoms with Crippen molar-refractivity contribution in [2.75, 3.05) is 44.2 Å². The molecule has 3 aromatic rings. The van der Waals surface area contributed by atoms with Gasteiger partial charge in [0.2, 0.25) is 0 Å². The Morgan fingerprint density at radius 3 is 2.70 bits per heavy atom. The second kappa shape index (κ2) is 10.5. The monoisotopic (exact) mass is 541 g/mol. The summed E-state index contributed by atoms with van der Waals surface area (Å²) >= 11 is 12.6. The number of likely N-dealkylation sites (tertiary alicyclic amines) is 1. The normalized spacial score (nSPS) is 22.2. The standard InChI is InChI=1S/C27H33Cl2N7O/c1-17(21-12-30-24(29)11-22(21)28)36-27-26(23(33-36)7-6-18-4-5-18)31-13-25(32-27)35-15-20(16-35)19-3-2-8-34(14-19)9-10-37/h6-7,11-13,17-20,37H,2-5,8-10,14-16H2,1H3/b7-6+/t17-,19+/m1/s1. The number of pyridine rings is 1. The average molecular weight is 543 g/mol. The van der Waals surface area contributed by atoms with Crippen LogP contribution in [0.5, 0.6) is 0 Å². The lowest BCUT2D eigenvalue weighted by Crippen LogP contribution is -2.54. The Kier molecular flexibility index (Phi) is 7.09. The number of β-amino-alcohol motifs (C(OH)–C–C–N with tert-alkyl or cyclic N) is 1. The van der Waals surface area contributed by atoms with Crippen LogP contribution in [0.2, 0.25) is 10.2 Å². The summed E-state index contributed by atoms with van der Waals surface area (Å²) in [4.78, 5) is 18.9. The molecule has 0 amide bonds. The molecule has 37 heavy (non-hydrogen) atoms. The summed E-state index contributed by atoms with van der Waals surface area (Å²) in [7, 11) is 0. The topological polar surface area (TPSA) is 83.2 Å². The Bertz CT molecular complexity index is 1300. The lowest BCUT2D eigenvalue weighted by atomic mass is 9.80. The van der Waals surface area contributed by atoms with Crippen LogP contribution in [0.1, 0.15) is 49.9 Å². The molecule has 2 atom stereocenters. The summed E-state index contributed by atoms with van der Waals surface area (Å²) < 4.78 is 1.92. The van der Waals surface area contributed by atoms with Crippen molar-refractivity contribution < 1.29 is 5.11 Å². The number of allylic oxidation sites excluding steroid dienone is 1. The SMILES string of the molecule is C[C@H](c1cnc(Cl)cc1Cl)n1nc(/C=C/C2CC2)c2ncc(N3CC([C@H]4CCCN(CCO)C4)C3)nc21. The molecular weight excluding hydrogens is 509 g/mol. The first-order valence-electron chi connectivity index (χ1n) is 13.3. The van der Waals surface area contributed by atoms with Gasteiger partial charge in [-0.2, -0.15) is 5.10 Å². The van der Waals surface area contributed by atoms with Gasteiger partial charge in [-0.25, -0.2) is 19.6 Å². The Balaban J connectivity index is 1.26. The quantitative estimate of drug-likeness (QED) is 0.413. The van der Waals surface area contributed by atoms with Gasteiger partial charge in [-0.1, -0.05) is 29.3 Å². The van der Waals surface area contributed by atoms with Gasteiger partial charge in [0.1, 0.15) is 22.2 Å². The zero-order valence-electron chi connectivity index (χ0n) is 21.1. The van der Waals surface area contributed by atoms with Crippen LogP contribution in [0.4, 0.5) is 5.82 Å². The van der Waals surface area contributed by atoms with Crippen molar-refractivity contribution in [3.63, 3.8) is 0 Å². The number of anilines is 1. The highest BCUT2D eigenvalue weighted by molar-refractivity contribution is 6.34. The van der Waals surface area contributed by atoms with E-state index in [0.29, 0.717) is 27.9 Å². The summed E-state index contributed by atoms with van der Waals surface area (Å²) in [6.45, 7) is 7.23. The van der Waals surface area contributed by atoms with Crippen molar-refractivity contribution >= 4 is 46.3 Å². The molecule has 0 aromatic carbocycles. The Morgan fingerprint density at radius 2 is 1.95 bits per heavy atom. The lowest BCUT2D eigenvalue weighted by molar-refractivity contribution is 0.101. The number of aliphatic hydroxyl groups excluding tert-OH is 1. The number of aromatic nitrogens is 5. The number of rotatable bonds is 8. The van der Waals surface area contributed by atoms with E-state index in [1.165, 1.54) is 25.7 Å². The van der Waals surface area contributed by atoms with Crippen molar-refractivity contribution in [1.29, 1.82) is 0 Å². The van der Waals surface area contributed by atoms with Crippen LogP contribution >= 0.6 is 23.2 Å². The Morgan fingerprint density at radius 1 is 1.11 bits per heavy atom. The summed E-state index contributed by atoms with van der Waals surface area (Å²) in [5, 5.41) is 15.2. The fourth-order valence-corrected chi connectivity index (χ4v) is 6.17. The highest BCUT2D eigenvalue weighted by atomic mass is 35.5. The van der Waals surface area contributed by atoms with E-state index in [-0.39, 0.29) is 12.6 Å². The lowest BCUT2D eigenvalue weighted by Gasteiger charge is -2.47. The third-order valence-corrected chi connectivity index (χ3v) is 8.62. The number of piperidine rings is 1. The molecule has 5 heterocycles. The van der Waals surface area contributed by atoms with Crippen molar-refractivity contribution in [2.24, 2.45) is 17.8 Å². The summed E-state index contributed by atoms with van der Waals surface area (Å²) in [5.74, 6) is 2.86. The van der Waals surface area contributed by atoms with Gasteiger partial charge in [0.25, 0.3) is 0 Å². The van der Waals surface area contributed by atoms with Crippen molar-refractivity contribution in [3.05, 3.63) is 46.0 Å². The number of hydrogen-bond donors (Lipinski definition) is 1. The van der Waals surface area contributed by atoms with E-state index < -0.39 is 0 Å². The molecule has 10 heteroatoms. The zero-order chi connectivity index (χ0) is 25.5. The molecule has 0 unspecified atom stereocenters. The van der Waals surface area contributed by atoms with Gasteiger partial charge in [0, 0.05) is 37.9 Å². The van der Waals surface area contributed by atoms with E-state index in [1.54, 1.807) is 12.3 Å². The third kappa shape index (κ3) is 5.21. The van der Waals surface area contributed by atoms with Crippen LogP contribution in [-0.4, -0.2) is 74.1 Å². The number of hydrogen-bond acceptors (Lipinski definition) is 7. The molecule has 3 aromatic heterocycles. The van der Waals surface area contributed by atoms with Crippen LogP contribution in [0.3, 0.4) is 0 Å². The average Bonchev–Trinajstić information content (AvgIpc) is 3.62. The van der Waals surface area contributed by atoms with Crippen molar-refractivity contribution in [2.45, 2.75) is 38.6 Å². The maximum Gasteiger partial charge on any atom is 0.180 e. The first-order valence-corrected chi connectivity index (χ1v) is 14.1. The van der Waals surface area contributed by atoms with E-state index in [1.807, 2.05) is 17.8 Å². The van der Waals surface area contributed by atoms with Gasteiger partial charge < -0.3 is 14.9 Å². The second-order valence-electron chi connectivity index (χ2n) is 10.7. The molecule has 2 aliphatic heterocycles. The molecule has 1 N–H and O–H groups in total. The summed E-state index contributed by atoms with van der Waals surface area (Å²) in [5.41, 5.74) is 3.23. The van der Waals surface area contributed by atoms with Gasteiger partial charge in [0.05, 0.1) is 23.9 Å². The molecule has 2 saturated heterocycles. The molecule has 3 aliphatic rings. The van der Waals surface area contributed by atoms with E-state index >= 15 is 0 Å². The first-order chi connectivity index (χ1) is 18.0. The number of fused-ring (bicyclic) bond motifs is 1. The molecular formula is C27H33Cl2N7O. The maximum atomic E-state index is 9.33. The molecule has 0 radical (unpaired) electrons. The van der Waals surface area contributed by atoms with Crippen LogP contribution in [-0.2, 0) is 0 Å². The number of halogens is 2. The van der Waals surface area contributed by atoms with Crippen LogP contribution in [0.25, 0.3) is 17.2 Å². The molecule has 1 aliphatic carbocycles. The molecule has 196 valence electrons. The highest BCUT2D eigenvalue weighted by Gasteiger charge is 2.36. The fraction of sp³-hybridized carbons (Fsp3) is 0.556. The van der Waals surface area contributed by atoms with E-state index in [2.05, 4.69) is 26.9 Å². The van der Waals surface area contributed by atoms with Gasteiger partial charge in [-0.3, -0.25) is 0 Å². The van der Waals surface area contributed by atoms with E-state index in [9.17, 15) is 5.11 Å². The number of aliphatic hydroxyl groups is 1. The fourth-order valence-electron chi connectivity index (χ4n) is 5.65. The first kappa shape index (κ1) is 25.0. The largest absolute Gasteiger partial charge is 0.395 e. The summed E-state index contributed by atoms with van der Waals surface area (Å²) in [6.07, 6.45) is 12.9. The summed E-state index contributed by atoms with van der Waals surface area (Å²) in [6, 6.07) is 1.48. The van der Waals surface area contributed by atoms with Gasteiger partial charge >= 0.3 is 0 Å². The second-order valence-corrected chi connectivity index (χ2v) is 11.5. The molecule has 8 nitrogen and oxygen atoms in total. The van der Waals surface area contributed by atoms with Crippen LogP contribution < -0.4 is 4.90 Å². The van der Waals surface area contributed by atoms with Crippen LogP contribution in [0.15, 0.2) is 24.5 Å². The van der Waals surface area contributed by atoms with Crippen molar-refractivity contribution in [3.8, 4) is 0 Å². The van der Waals surface area contributed by atoms with Gasteiger partial charge in [-0.15, -0.1) is 0 Å². The molecule has 6 rings (SSSR count).